The molecule has 2 rings (SSSR count). The van der Waals surface area contributed by atoms with Crippen LogP contribution in [0.3, 0.4) is 0 Å². The molecular weight excluding hydrogens is 337 g/mol. The lowest BCUT2D eigenvalue weighted by Gasteiger charge is -2.12. The van der Waals surface area contributed by atoms with Gasteiger partial charge in [0.05, 0.1) is 12.3 Å². The molecule has 0 bridgehead atoms. The number of anilines is 1. The molecule has 0 amide bonds. The monoisotopic (exact) mass is 353 g/mol. The van der Waals surface area contributed by atoms with Crippen LogP contribution in [0.4, 0.5) is 10.1 Å². The average molecular weight is 354 g/mol. The molecule has 0 saturated carbocycles. The first kappa shape index (κ1) is 15.6. The van der Waals surface area contributed by atoms with Gasteiger partial charge in [0.25, 0.3) is 0 Å². The Bertz CT molecular complexity index is 602. The van der Waals surface area contributed by atoms with Gasteiger partial charge < -0.3 is 15.2 Å². The number of halogens is 2. The minimum Gasteiger partial charge on any atom is -0.490 e. The number of nitrogens with two attached hydrogens (primary N) is 1. The topological polar surface area (TPSA) is 44.5 Å². The highest BCUT2D eigenvalue weighted by Crippen LogP contribution is 2.31. The summed E-state index contributed by atoms with van der Waals surface area (Å²) in [5.41, 5.74) is 7.04. The molecule has 5 heteroatoms. The molecule has 2 aromatic rings. The maximum absolute atomic E-state index is 13.7. The third-order valence-corrected chi connectivity index (χ3v) is 3.36. The molecule has 0 aliphatic heterocycles. The van der Waals surface area contributed by atoms with Crippen LogP contribution in [0.1, 0.15) is 18.9 Å². The SMILES string of the molecule is CCCOc1cc(OCc2ccc(Br)cc2)c(N)cc1F. The summed E-state index contributed by atoms with van der Waals surface area (Å²) >= 11 is 3.38. The summed E-state index contributed by atoms with van der Waals surface area (Å²) in [6.07, 6.45) is 0.804. The molecular formula is C16H17BrFNO2. The van der Waals surface area contributed by atoms with Crippen molar-refractivity contribution in [3.05, 3.63) is 52.3 Å². The number of nitrogen functional groups attached to an aromatic ring is 1. The Morgan fingerprint density at radius 3 is 2.48 bits per heavy atom. The summed E-state index contributed by atoms with van der Waals surface area (Å²) in [5, 5.41) is 0. The lowest BCUT2D eigenvalue weighted by molar-refractivity contribution is 0.287. The Hall–Kier alpha value is -1.75. The summed E-state index contributed by atoms with van der Waals surface area (Å²) in [5.74, 6) is 0.110. The third-order valence-electron chi connectivity index (χ3n) is 2.83. The molecule has 0 aromatic heterocycles. The molecule has 0 saturated heterocycles. The highest BCUT2D eigenvalue weighted by Gasteiger charge is 2.10. The standard InChI is InChI=1S/C16H17BrFNO2/c1-2-7-20-15-9-16(14(19)8-13(15)18)21-10-11-3-5-12(17)6-4-11/h3-6,8-9H,2,7,10,19H2,1H3. The van der Waals surface area contributed by atoms with Gasteiger partial charge in [-0.2, -0.15) is 0 Å². The van der Waals surface area contributed by atoms with Gasteiger partial charge in [0.2, 0.25) is 0 Å². The van der Waals surface area contributed by atoms with Crippen LogP contribution in [0.15, 0.2) is 40.9 Å². The first-order valence-corrected chi connectivity index (χ1v) is 7.48. The Kier molecular flexibility index (Phi) is 5.44. The Labute approximate surface area is 132 Å². The number of hydrogen-bond acceptors (Lipinski definition) is 3. The molecule has 2 aromatic carbocycles. The second-order valence-corrected chi connectivity index (χ2v) is 5.50. The van der Waals surface area contributed by atoms with Crippen LogP contribution in [0.25, 0.3) is 0 Å². The fourth-order valence-electron chi connectivity index (χ4n) is 1.74. The van der Waals surface area contributed by atoms with Gasteiger partial charge >= 0.3 is 0 Å². The van der Waals surface area contributed by atoms with Crippen molar-refractivity contribution >= 4 is 21.6 Å². The normalized spacial score (nSPS) is 10.4. The van der Waals surface area contributed by atoms with Crippen molar-refractivity contribution in [2.45, 2.75) is 20.0 Å². The highest BCUT2D eigenvalue weighted by atomic mass is 79.9. The Morgan fingerprint density at radius 1 is 1.10 bits per heavy atom. The maximum atomic E-state index is 13.7. The van der Waals surface area contributed by atoms with Crippen molar-refractivity contribution in [3.63, 3.8) is 0 Å². The van der Waals surface area contributed by atoms with E-state index < -0.39 is 5.82 Å². The minimum atomic E-state index is -0.475. The molecule has 0 atom stereocenters. The first-order valence-electron chi connectivity index (χ1n) is 6.69. The molecule has 0 aliphatic rings. The van der Waals surface area contributed by atoms with Crippen molar-refractivity contribution in [3.8, 4) is 11.5 Å². The van der Waals surface area contributed by atoms with E-state index in [-0.39, 0.29) is 11.4 Å². The van der Waals surface area contributed by atoms with Gasteiger partial charge in [0.1, 0.15) is 12.4 Å². The van der Waals surface area contributed by atoms with Crippen LogP contribution < -0.4 is 15.2 Å². The quantitative estimate of drug-likeness (QED) is 0.775. The predicted molar refractivity (Wildman–Crippen MR) is 85.1 cm³/mol. The van der Waals surface area contributed by atoms with E-state index in [1.807, 2.05) is 31.2 Å². The molecule has 0 fully saturated rings. The largest absolute Gasteiger partial charge is 0.490 e. The van der Waals surface area contributed by atoms with E-state index in [1.165, 1.54) is 12.1 Å². The maximum Gasteiger partial charge on any atom is 0.167 e. The van der Waals surface area contributed by atoms with Crippen LogP contribution in [-0.4, -0.2) is 6.61 Å². The fourth-order valence-corrected chi connectivity index (χ4v) is 2.00. The van der Waals surface area contributed by atoms with Gasteiger partial charge in [-0.05, 0) is 24.1 Å². The van der Waals surface area contributed by atoms with Crippen molar-refractivity contribution in [2.75, 3.05) is 12.3 Å². The summed E-state index contributed by atoms with van der Waals surface area (Å²) < 4.78 is 25.7. The lowest BCUT2D eigenvalue weighted by Crippen LogP contribution is -2.02. The third kappa shape index (κ3) is 4.36. The minimum absolute atomic E-state index is 0.164. The molecule has 112 valence electrons. The van der Waals surface area contributed by atoms with Gasteiger partial charge in [-0.25, -0.2) is 4.39 Å². The molecule has 0 aliphatic carbocycles. The van der Waals surface area contributed by atoms with Gasteiger partial charge in [-0.1, -0.05) is 35.0 Å². The molecule has 0 radical (unpaired) electrons. The number of ether oxygens (including phenoxy) is 2. The van der Waals surface area contributed by atoms with Gasteiger partial charge in [0.15, 0.2) is 11.6 Å². The van der Waals surface area contributed by atoms with Crippen LogP contribution >= 0.6 is 15.9 Å². The van der Waals surface area contributed by atoms with Crippen LogP contribution in [-0.2, 0) is 6.61 Å². The van der Waals surface area contributed by atoms with E-state index in [9.17, 15) is 4.39 Å². The molecule has 2 N–H and O–H groups in total. The van der Waals surface area contributed by atoms with Gasteiger partial charge in [-0.15, -0.1) is 0 Å². The fraction of sp³-hybridized carbons (Fsp3) is 0.250. The van der Waals surface area contributed by atoms with E-state index in [1.54, 1.807) is 0 Å². The van der Waals surface area contributed by atoms with Gasteiger partial charge in [0, 0.05) is 16.6 Å². The van der Waals surface area contributed by atoms with Crippen molar-refractivity contribution < 1.29 is 13.9 Å². The predicted octanol–water partition coefficient (Wildman–Crippen LogP) is 4.54. The van der Waals surface area contributed by atoms with Crippen molar-refractivity contribution in [1.82, 2.24) is 0 Å². The van der Waals surface area contributed by atoms with Crippen LogP contribution in [0, 0.1) is 5.82 Å². The molecule has 3 nitrogen and oxygen atoms in total. The van der Waals surface area contributed by atoms with Gasteiger partial charge in [-0.3, -0.25) is 0 Å². The molecule has 0 unspecified atom stereocenters. The Morgan fingerprint density at radius 2 is 1.81 bits per heavy atom. The number of rotatable bonds is 6. The zero-order chi connectivity index (χ0) is 15.2. The second kappa shape index (κ2) is 7.31. The lowest BCUT2D eigenvalue weighted by atomic mass is 10.2. The van der Waals surface area contributed by atoms with E-state index in [2.05, 4.69) is 15.9 Å². The van der Waals surface area contributed by atoms with Crippen LogP contribution in [0.5, 0.6) is 11.5 Å². The summed E-state index contributed by atoms with van der Waals surface area (Å²) in [6.45, 7) is 2.77. The second-order valence-electron chi connectivity index (χ2n) is 4.58. The zero-order valence-corrected chi connectivity index (χ0v) is 13.3. The summed E-state index contributed by atoms with van der Waals surface area (Å²) in [6, 6.07) is 10.5. The van der Waals surface area contributed by atoms with Crippen molar-refractivity contribution in [2.24, 2.45) is 0 Å². The zero-order valence-electron chi connectivity index (χ0n) is 11.7. The van der Waals surface area contributed by atoms with E-state index >= 15 is 0 Å². The van der Waals surface area contributed by atoms with E-state index in [0.29, 0.717) is 19.0 Å². The molecule has 0 spiro atoms. The smallest absolute Gasteiger partial charge is 0.167 e. The number of hydrogen-bond donors (Lipinski definition) is 1. The number of benzene rings is 2. The molecule has 0 heterocycles. The van der Waals surface area contributed by atoms with E-state index in [4.69, 9.17) is 15.2 Å². The molecule has 21 heavy (non-hydrogen) atoms. The van der Waals surface area contributed by atoms with Crippen LogP contribution in [0.2, 0.25) is 0 Å². The highest BCUT2D eigenvalue weighted by molar-refractivity contribution is 9.10. The van der Waals surface area contributed by atoms with Crippen molar-refractivity contribution in [1.29, 1.82) is 0 Å². The first-order chi connectivity index (χ1) is 10.1. The summed E-state index contributed by atoms with van der Waals surface area (Å²) in [7, 11) is 0. The Balaban J connectivity index is 2.09. The summed E-state index contributed by atoms with van der Waals surface area (Å²) in [4.78, 5) is 0. The van der Waals surface area contributed by atoms with E-state index in [0.717, 1.165) is 16.5 Å². The average Bonchev–Trinajstić information content (AvgIpc) is 2.47.